The molecule has 4 atom stereocenters. The Morgan fingerprint density at radius 1 is 0.567 bits per heavy atom. The lowest BCUT2D eigenvalue weighted by molar-refractivity contribution is -0.274. The van der Waals surface area contributed by atoms with E-state index in [1.54, 1.807) is 62.5 Å². The van der Waals surface area contributed by atoms with Crippen LogP contribution in [0.1, 0.15) is 88.9 Å². The number of carbonyl (C=O) groups is 7. The van der Waals surface area contributed by atoms with Crippen LogP contribution >= 0.6 is 0 Å². The molecule has 0 fully saturated rings. The van der Waals surface area contributed by atoms with Crippen LogP contribution in [-0.2, 0) is 33.4 Å². The van der Waals surface area contributed by atoms with Crippen LogP contribution in [0.15, 0.2) is 134 Å². The van der Waals surface area contributed by atoms with Gasteiger partial charge in [-0.1, -0.05) is 126 Å². The molecule has 7 amide bonds. The molecule has 0 saturated heterocycles. The Morgan fingerprint density at radius 2 is 1.03 bits per heavy atom. The van der Waals surface area contributed by atoms with E-state index in [0.717, 1.165) is 34.3 Å². The summed E-state index contributed by atoms with van der Waals surface area (Å²) in [5, 5.41) is 8.29. The van der Waals surface area contributed by atoms with Crippen molar-refractivity contribution in [3.8, 4) is 39.9 Å². The van der Waals surface area contributed by atoms with Crippen molar-refractivity contribution in [1.29, 1.82) is 0 Å². The third-order valence-corrected chi connectivity index (χ3v) is 22.2. The number of ether oxygens (including phenoxy) is 8. The van der Waals surface area contributed by atoms with Gasteiger partial charge in [0.05, 0.1) is 49.9 Å². The molecule has 550 valence electrons. The van der Waals surface area contributed by atoms with Gasteiger partial charge in [-0.15, -0.1) is 13.2 Å². The predicted octanol–water partition coefficient (Wildman–Crippen LogP) is 13.3. The normalized spacial score (nSPS) is 17.0. The first kappa shape index (κ1) is 75.2. The maximum absolute atomic E-state index is 15.0. The second-order valence-corrected chi connectivity index (χ2v) is 40.3. The summed E-state index contributed by atoms with van der Waals surface area (Å²) >= 11 is 0. The lowest BCUT2D eigenvalue weighted by Crippen LogP contribution is -2.53. The summed E-state index contributed by atoms with van der Waals surface area (Å²) < 4.78 is 85.5. The summed E-state index contributed by atoms with van der Waals surface area (Å²) in [6, 6.07) is 32.0. The minimum Gasteiger partial charge on any atom is -0.493 e. The third kappa shape index (κ3) is 17.3. The standard InChI is InChI=1S/C77H88F3N7O15Si2/c1-46(2)69(83-76(94)101-43-60-56-19-14-12-17-54(56)55-18-13-15-20-57(55)60)71(89)81-47(3)70(88)82-52-25-21-48(22-26-52)50-35-63-74(92)86(44-97-31-33-103(6,7)8)61-39-67(65(95-4)37-58(61)72(90)84(63)41-50)99-29-16-30-100-68-40-62-59(38-66(68)96-5)73(91)85-42-51(49-23-27-53(28-24-49)102-77(78,79)80)36-64(85)75(93)87(62)45-98-32-34-104(9,10)11/h12-15,17-28,37-42,46-47,60,63-64,69H,16,29-36,43-45H2,1-11H3,(H,81,89)(H,82,88)(H,83,94)/t47?,63-,64-,69-/m0/s1. The van der Waals surface area contributed by atoms with Crippen molar-refractivity contribution in [2.75, 3.05) is 75.8 Å². The summed E-state index contributed by atoms with van der Waals surface area (Å²) in [7, 11) is -0.273. The molecule has 22 nitrogen and oxygen atoms in total. The van der Waals surface area contributed by atoms with E-state index in [-0.39, 0.29) is 110 Å². The highest BCUT2D eigenvalue weighted by atomic mass is 28.3. The summed E-state index contributed by atoms with van der Waals surface area (Å²) in [6.07, 6.45) is -1.94. The fourth-order valence-electron chi connectivity index (χ4n) is 13.1. The zero-order chi connectivity index (χ0) is 74.5. The lowest BCUT2D eigenvalue weighted by atomic mass is 9.98. The highest BCUT2D eigenvalue weighted by Gasteiger charge is 2.46. The van der Waals surface area contributed by atoms with Crippen molar-refractivity contribution < 1.29 is 84.6 Å². The second-order valence-electron chi connectivity index (χ2n) is 29.1. The number of nitrogens with zero attached hydrogens (tertiary/aromatic N) is 4. The first-order valence-electron chi connectivity index (χ1n) is 34.7. The minimum absolute atomic E-state index is 0.0493. The minimum atomic E-state index is -4.88. The van der Waals surface area contributed by atoms with E-state index in [1.807, 2.05) is 48.5 Å². The number of alkyl halides is 3. The molecule has 4 heterocycles. The average molecular weight is 1460 g/mol. The SMILES string of the molecule is COc1cc2c(cc1OCCCOc1cc3c(cc1OC)C(=O)N1C=C(c4ccc(OC(F)(F)F)cc4)C[C@H]1C(=O)N3COCC[Si](C)(C)C)N(COCC[Si](C)(C)C)C(=O)[C@@H]1CC(c3ccc(NC(=O)C(C)NC(=O)[C@@H](NC(=O)OCC4c5ccccc5-c5ccccc54)C(C)C)cc3)=CN1C2=O. The van der Waals surface area contributed by atoms with Gasteiger partial charge in [0.25, 0.3) is 23.6 Å². The predicted molar refractivity (Wildman–Crippen MR) is 392 cm³/mol. The Hall–Kier alpha value is -9.97. The number of anilines is 3. The Balaban J connectivity index is 0.742. The molecule has 0 radical (unpaired) electrons. The molecule has 1 aliphatic carbocycles. The molecule has 6 aromatic carbocycles. The number of amides is 7. The molecule has 0 spiro atoms. The maximum atomic E-state index is 15.0. The largest absolute Gasteiger partial charge is 0.573 e. The van der Waals surface area contributed by atoms with E-state index in [1.165, 1.54) is 77.3 Å². The number of rotatable bonds is 29. The third-order valence-electron chi connectivity index (χ3n) is 18.8. The first-order valence-corrected chi connectivity index (χ1v) is 42.1. The van der Waals surface area contributed by atoms with E-state index < -0.39 is 94.0 Å². The number of fused-ring (bicyclic) bond motifs is 7. The molecule has 1 unspecified atom stereocenters. The number of hydrogen-bond donors (Lipinski definition) is 3. The van der Waals surface area contributed by atoms with E-state index in [0.29, 0.717) is 41.2 Å². The van der Waals surface area contributed by atoms with Crippen LogP contribution in [0.5, 0.6) is 28.7 Å². The van der Waals surface area contributed by atoms with Gasteiger partial charge in [-0.3, -0.25) is 38.6 Å². The van der Waals surface area contributed by atoms with Gasteiger partial charge in [-0.25, -0.2) is 4.79 Å². The first-order chi connectivity index (χ1) is 49.5. The van der Waals surface area contributed by atoms with Crippen molar-refractivity contribution in [3.63, 3.8) is 0 Å². The Morgan fingerprint density at radius 3 is 1.47 bits per heavy atom. The van der Waals surface area contributed by atoms with Crippen molar-refractivity contribution in [3.05, 3.63) is 167 Å². The molecule has 0 bridgehead atoms. The van der Waals surface area contributed by atoms with Gasteiger partial charge in [-0.05, 0) is 106 Å². The van der Waals surface area contributed by atoms with Crippen LogP contribution in [-0.4, -0.2) is 159 Å². The number of methoxy groups -OCH3 is 2. The molecule has 104 heavy (non-hydrogen) atoms. The fourth-order valence-corrected chi connectivity index (χ4v) is 14.6. The zero-order valence-corrected chi connectivity index (χ0v) is 62.2. The van der Waals surface area contributed by atoms with Crippen LogP contribution in [0.2, 0.25) is 51.4 Å². The maximum Gasteiger partial charge on any atom is 0.573 e. The van der Waals surface area contributed by atoms with Gasteiger partial charge in [0.15, 0.2) is 23.0 Å². The fraction of sp³-hybridized carbons (Fsp3) is 0.390. The number of nitrogens with one attached hydrogen (secondary N) is 3. The van der Waals surface area contributed by atoms with Crippen LogP contribution in [0.4, 0.5) is 35.0 Å². The number of benzene rings is 6. The van der Waals surface area contributed by atoms with Gasteiger partial charge in [0.2, 0.25) is 11.8 Å². The molecule has 6 aromatic rings. The van der Waals surface area contributed by atoms with E-state index in [9.17, 15) is 41.9 Å². The van der Waals surface area contributed by atoms with Crippen LogP contribution in [0.3, 0.4) is 0 Å². The highest BCUT2D eigenvalue weighted by molar-refractivity contribution is 6.76. The second kappa shape index (κ2) is 31.6. The van der Waals surface area contributed by atoms with Gasteiger partial charge in [-0.2, -0.15) is 0 Å². The molecule has 5 aliphatic rings. The van der Waals surface area contributed by atoms with E-state index in [4.69, 9.17) is 33.2 Å². The zero-order valence-electron chi connectivity index (χ0n) is 60.2. The van der Waals surface area contributed by atoms with Crippen LogP contribution in [0, 0.1) is 5.92 Å². The summed E-state index contributed by atoms with van der Waals surface area (Å²) in [6.45, 7) is 18.9. The Labute approximate surface area is 604 Å². The molecule has 27 heteroatoms. The van der Waals surface area contributed by atoms with E-state index in [2.05, 4.69) is 60.0 Å². The highest BCUT2D eigenvalue weighted by Crippen LogP contribution is 2.47. The average Bonchev–Trinajstić information content (AvgIpc) is 1.61. The molecular weight excluding hydrogens is 1380 g/mol. The smallest absolute Gasteiger partial charge is 0.493 e. The number of halogens is 3. The van der Waals surface area contributed by atoms with Crippen molar-refractivity contribution in [2.45, 2.75) is 128 Å². The Bertz CT molecular complexity index is 4270. The van der Waals surface area contributed by atoms with Crippen molar-refractivity contribution in [1.82, 2.24) is 20.4 Å². The van der Waals surface area contributed by atoms with Crippen molar-refractivity contribution >= 4 is 85.9 Å². The van der Waals surface area contributed by atoms with Gasteiger partial charge in [0.1, 0.15) is 50.0 Å². The molecule has 11 rings (SSSR count). The topological polar surface area (TPSA) is 242 Å². The molecule has 0 saturated carbocycles. The quantitative estimate of drug-likeness (QED) is 0.0292. The van der Waals surface area contributed by atoms with E-state index >= 15 is 4.79 Å². The lowest BCUT2D eigenvalue weighted by Gasteiger charge is -2.27. The molecule has 3 N–H and O–H groups in total. The van der Waals surface area contributed by atoms with Gasteiger partial charge in [0, 0.05) is 84.8 Å². The van der Waals surface area contributed by atoms with Crippen LogP contribution < -0.4 is 49.4 Å². The van der Waals surface area contributed by atoms with Gasteiger partial charge >= 0.3 is 12.5 Å². The van der Waals surface area contributed by atoms with Crippen molar-refractivity contribution in [2.24, 2.45) is 5.92 Å². The summed E-state index contributed by atoms with van der Waals surface area (Å²) in [5.74, 6) is -2.96. The van der Waals surface area contributed by atoms with Crippen LogP contribution in [0.25, 0.3) is 22.3 Å². The number of carbonyl (C=O) groups excluding carboxylic acids is 7. The van der Waals surface area contributed by atoms with Gasteiger partial charge < -0.3 is 63.6 Å². The molecule has 0 aromatic heterocycles. The summed E-state index contributed by atoms with van der Waals surface area (Å²) in [5.41, 5.74) is 7.92. The monoisotopic (exact) mass is 1460 g/mol. The molecular formula is C77H88F3N7O15Si2. The molecule has 4 aliphatic heterocycles. The number of alkyl carbamates (subject to hydrolysis) is 1. The Kier molecular flexibility index (Phi) is 22.8. The summed E-state index contributed by atoms with van der Waals surface area (Å²) in [4.78, 5) is 105. The number of hydrogen-bond acceptors (Lipinski definition) is 15.